The number of rotatable bonds is 6. The number of para-hydroxylation sites is 1. The fourth-order valence-electron chi connectivity index (χ4n) is 1.58. The second kappa shape index (κ2) is 8.29. The van der Waals surface area contributed by atoms with Crippen LogP contribution >= 0.6 is 11.8 Å². The molecule has 0 fully saturated rings. The number of ether oxygens (including phenoxy) is 1. The van der Waals surface area contributed by atoms with E-state index in [1.807, 2.05) is 0 Å². The van der Waals surface area contributed by atoms with Gasteiger partial charge in [0.15, 0.2) is 17.7 Å². The van der Waals surface area contributed by atoms with E-state index in [4.69, 9.17) is 9.15 Å². The quantitative estimate of drug-likeness (QED) is 0.763. The largest absolute Gasteiger partial charge is 0.478 e. The van der Waals surface area contributed by atoms with Crippen LogP contribution < -0.4 is 15.4 Å². The highest BCUT2D eigenvalue weighted by Crippen LogP contribution is 2.25. The van der Waals surface area contributed by atoms with Gasteiger partial charge in [0.2, 0.25) is 5.91 Å². The number of benzene rings is 1. The zero-order valence-electron chi connectivity index (χ0n) is 12.9. The standard InChI is InChI=1S/C14H15FN4O4S/c1-8(22-10-6-4-3-5-9(10)15)12-18-19-14(23-12)24-7-11(20)17-13(21)16-2/h3-6,8H,7H2,1-2H3,(H2,16,17,20,21)/t8-/m1/s1. The first-order valence-corrected chi connectivity index (χ1v) is 7.87. The number of hydrogen-bond acceptors (Lipinski definition) is 7. The molecule has 1 aromatic carbocycles. The molecule has 3 amide bonds. The van der Waals surface area contributed by atoms with E-state index in [0.717, 1.165) is 11.8 Å². The van der Waals surface area contributed by atoms with Crippen LogP contribution in [-0.4, -0.2) is 34.9 Å². The van der Waals surface area contributed by atoms with Crippen LogP contribution in [0.4, 0.5) is 9.18 Å². The minimum Gasteiger partial charge on any atom is -0.478 e. The maximum Gasteiger partial charge on any atom is 0.321 e. The van der Waals surface area contributed by atoms with Crippen molar-refractivity contribution in [2.24, 2.45) is 0 Å². The molecule has 2 aromatic rings. The summed E-state index contributed by atoms with van der Waals surface area (Å²) in [6.45, 7) is 1.63. The minimum absolute atomic E-state index is 0.0716. The van der Waals surface area contributed by atoms with Crippen molar-refractivity contribution in [2.75, 3.05) is 12.8 Å². The lowest BCUT2D eigenvalue weighted by molar-refractivity contribution is -0.117. The number of carbonyl (C=O) groups excluding carboxylic acids is 2. The smallest absolute Gasteiger partial charge is 0.321 e. The molecule has 0 spiro atoms. The van der Waals surface area contributed by atoms with Gasteiger partial charge in [-0.25, -0.2) is 9.18 Å². The highest BCUT2D eigenvalue weighted by atomic mass is 32.2. The monoisotopic (exact) mass is 354 g/mol. The van der Waals surface area contributed by atoms with Gasteiger partial charge in [-0.2, -0.15) is 0 Å². The molecule has 0 saturated carbocycles. The summed E-state index contributed by atoms with van der Waals surface area (Å²) in [5.74, 6) is -0.855. The Balaban J connectivity index is 1.89. The molecule has 1 aromatic heterocycles. The summed E-state index contributed by atoms with van der Waals surface area (Å²) in [6, 6.07) is 5.37. The molecule has 2 N–H and O–H groups in total. The predicted octanol–water partition coefficient (Wildman–Crippen LogP) is 1.90. The molecular formula is C14H15FN4O4S. The lowest BCUT2D eigenvalue weighted by Gasteiger charge is -2.11. The van der Waals surface area contributed by atoms with Gasteiger partial charge in [0.05, 0.1) is 5.75 Å². The van der Waals surface area contributed by atoms with Gasteiger partial charge in [-0.3, -0.25) is 10.1 Å². The Morgan fingerprint density at radius 2 is 2.12 bits per heavy atom. The molecule has 24 heavy (non-hydrogen) atoms. The van der Waals surface area contributed by atoms with Gasteiger partial charge in [-0.05, 0) is 19.1 Å². The van der Waals surface area contributed by atoms with Gasteiger partial charge in [-0.1, -0.05) is 23.9 Å². The lowest BCUT2D eigenvalue weighted by Crippen LogP contribution is -2.38. The number of aromatic nitrogens is 2. The number of halogens is 1. The average Bonchev–Trinajstić information content (AvgIpc) is 3.04. The van der Waals surface area contributed by atoms with Crippen LogP contribution in [0.15, 0.2) is 33.9 Å². The second-order valence-electron chi connectivity index (χ2n) is 4.51. The third-order valence-corrected chi connectivity index (χ3v) is 3.54. The van der Waals surface area contributed by atoms with Gasteiger partial charge >= 0.3 is 6.03 Å². The van der Waals surface area contributed by atoms with Crippen molar-refractivity contribution in [1.29, 1.82) is 0 Å². The van der Waals surface area contributed by atoms with E-state index >= 15 is 0 Å². The highest BCUT2D eigenvalue weighted by molar-refractivity contribution is 7.99. The van der Waals surface area contributed by atoms with Crippen molar-refractivity contribution >= 4 is 23.7 Å². The topological polar surface area (TPSA) is 106 Å². The Kier molecular flexibility index (Phi) is 6.13. The van der Waals surface area contributed by atoms with Gasteiger partial charge in [0.1, 0.15) is 0 Å². The zero-order valence-corrected chi connectivity index (χ0v) is 13.7. The summed E-state index contributed by atoms with van der Waals surface area (Å²) in [7, 11) is 1.40. The first kappa shape index (κ1) is 17.7. The first-order valence-electron chi connectivity index (χ1n) is 6.88. The number of imide groups is 1. The van der Waals surface area contributed by atoms with Crippen LogP contribution in [0.1, 0.15) is 18.9 Å². The number of nitrogens with zero attached hydrogens (tertiary/aromatic N) is 2. The van der Waals surface area contributed by atoms with Crippen molar-refractivity contribution in [3.05, 3.63) is 36.0 Å². The fourth-order valence-corrected chi connectivity index (χ4v) is 2.15. The molecule has 2 rings (SSSR count). The Bertz CT molecular complexity index is 724. The third-order valence-electron chi connectivity index (χ3n) is 2.72. The minimum atomic E-state index is -0.663. The van der Waals surface area contributed by atoms with Crippen LogP contribution in [0.3, 0.4) is 0 Å². The summed E-state index contributed by atoms with van der Waals surface area (Å²) in [5, 5.41) is 12.1. The molecule has 0 aliphatic carbocycles. The van der Waals surface area contributed by atoms with Crippen LogP contribution in [0, 0.1) is 5.82 Å². The van der Waals surface area contributed by atoms with Crippen molar-refractivity contribution in [3.63, 3.8) is 0 Å². The van der Waals surface area contributed by atoms with Crippen molar-refractivity contribution < 1.29 is 23.1 Å². The van der Waals surface area contributed by atoms with Gasteiger partial charge < -0.3 is 14.5 Å². The van der Waals surface area contributed by atoms with Crippen molar-refractivity contribution in [2.45, 2.75) is 18.3 Å². The number of urea groups is 1. The van der Waals surface area contributed by atoms with Crippen molar-refractivity contribution in [3.8, 4) is 5.75 Å². The zero-order chi connectivity index (χ0) is 17.5. The van der Waals surface area contributed by atoms with Crippen LogP contribution in [0.25, 0.3) is 0 Å². The molecule has 128 valence electrons. The van der Waals surface area contributed by atoms with E-state index in [0.29, 0.717) is 0 Å². The molecule has 0 unspecified atom stereocenters. The number of carbonyl (C=O) groups is 2. The molecule has 10 heteroatoms. The SMILES string of the molecule is CNC(=O)NC(=O)CSc1nnc([C@@H](C)Oc2ccccc2F)o1. The summed E-state index contributed by atoms with van der Waals surface area (Å²) < 4.78 is 24.3. The molecule has 8 nitrogen and oxygen atoms in total. The Morgan fingerprint density at radius 3 is 2.83 bits per heavy atom. The van der Waals surface area contributed by atoms with Gasteiger partial charge in [-0.15, -0.1) is 10.2 Å². The molecule has 0 bridgehead atoms. The van der Waals surface area contributed by atoms with Gasteiger partial charge in [0, 0.05) is 7.05 Å². The Morgan fingerprint density at radius 1 is 1.38 bits per heavy atom. The van der Waals surface area contributed by atoms with Crippen LogP contribution in [0.2, 0.25) is 0 Å². The summed E-state index contributed by atoms with van der Waals surface area (Å²) >= 11 is 0.967. The Hall–Kier alpha value is -2.62. The summed E-state index contributed by atoms with van der Waals surface area (Å²) in [6.07, 6.45) is -0.663. The summed E-state index contributed by atoms with van der Waals surface area (Å²) in [4.78, 5) is 22.4. The molecular weight excluding hydrogens is 339 g/mol. The maximum absolute atomic E-state index is 13.5. The average molecular weight is 354 g/mol. The van der Waals surface area contributed by atoms with E-state index in [1.165, 1.54) is 19.2 Å². The lowest BCUT2D eigenvalue weighted by atomic mass is 10.3. The van der Waals surface area contributed by atoms with E-state index < -0.39 is 23.9 Å². The van der Waals surface area contributed by atoms with E-state index in [-0.39, 0.29) is 22.6 Å². The third kappa shape index (κ3) is 4.95. The summed E-state index contributed by atoms with van der Waals surface area (Å²) in [5.41, 5.74) is 0. The molecule has 1 atom stereocenters. The molecule has 1 heterocycles. The molecule has 0 aliphatic rings. The normalized spacial score (nSPS) is 11.6. The highest BCUT2D eigenvalue weighted by Gasteiger charge is 2.18. The number of thioether (sulfide) groups is 1. The fraction of sp³-hybridized carbons (Fsp3) is 0.286. The second-order valence-corrected chi connectivity index (χ2v) is 5.44. The van der Waals surface area contributed by atoms with Gasteiger partial charge in [0.25, 0.3) is 11.1 Å². The number of amides is 3. The maximum atomic E-state index is 13.5. The van der Waals surface area contributed by atoms with Crippen molar-refractivity contribution in [1.82, 2.24) is 20.8 Å². The van der Waals surface area contributed by atoms with E-state index in [2.05, 4.69) is 20.8 Å². The van der Waals surface area contributed by atoms with Crippen LogP contribution in [-0.2, 0) is 4.79 Å². The molecule has 0 aliphatic heterocycles. The molecule has 0 saturated heterocycles. The predicted molar refractivity (Wildman–Crippen MR) is 83.1 cm³/mol. The van der Waals surface area contributed by atoms with E-state index in [9.17, 15) is 14.0 Å². The number of nitrogens with one attached hydrogen (secondary N) is 2. The first-order chi connectivity index (χ1) is 11.5. The molecule has 0 radical (unpaired) electrons. The number of hydrogen-bond donors (Lipinski definition) is 2. The Labute approximate surface area is 141 Å². The van der Waals surface area contributed by atoms with E-state index in [1.54, 1.807) is 19.1 Å². The van der Waals surface area contributed by atoms with Crippen LogP contribution in [0.5, 0.6) is 5.75 Å².